The highest BCUT2D eigenvalue weighted by atomic mass is 16.2. The summed E-state index contributed by atoms with van der Waals surface area (Å²) in [5.41, 5.74) is 1.11. The summed E-state index contributed by atoms with van der Waals surface area (Å²) in [6.45, 7) is 6.43. The van der Waals surface area contributed by atoms with Crippen molar-refractivity contribution in [2.45, 2.75) is 64.0 Å². The number of piperidine rings is 1. The summed E-state index contributed by atoms with van der Waals surface area (Å²) in [6, 6.07) is 4.85. The second-order valence-corrected chi connectivity index (χ2v) is 7.39. The molecule has 1 aromatic heterocycles. The number of aromatic nitrogens is 1. The average Bonchev–Trinajstić information content (AvgIpc) is 3.20. The maximum absolute atomic E-state index is 12.8. The third kappa shape index (κ3) is 4.94. The Kier molecular flexibility index (Phi) is 6.68. The van der Waals surface area contributed by atoms with Gasteiger partial charge in [0.2, 0.25) is 0 Å². The average molecular weight is 345 g/mol. The number of nitrogens with one attached hydrogen (secondary N) is 1. The van der Waals surface area contributed by atoms with E-state index in [0.29, 0.717) is 6.04 Å². The minimum Gasteiger partial charge on any atom is -0.331 e. The zero-order valence-corrected chi connectivity index (χ0v) is 15.5. The second-order valence-electron chi connectivity index (χ2n) is 7.39. The first kappa shape index (κ1) is 18.2. The lowest BCUT2D eigenvalue weighted by molar-refractivity contribution is 0.132. The number of amides is 2. The lowest BCUT2D eigenvalue weighted by Crippen LogP contribution is -2.49. The van der Waals surface area contributed by atoms with Gasteiger partial charge in [0.05, 0.1) is 6.04 Å². The van der Waals surface area contributed by atoms with Gasteiger partial charge in [0.1, 0.15) is 0 Å². The normalized spacial score (nSPS) is 20.6. The molecule has 25 heavy (non-hydrogen) atoms. The van der Waals surface area contributed by atoms with Crippen molar-refractivity contribution in [1.82, 2.24) is 20.1 Å². The van der Waals surface area contributed by atoms with Gasteiger partial charge in [0.15, 0.2) is 0 Å². The van der Waals surface area contributed by atoms with Crippen LogP contribution in [-0.4, -0.2) is 53.0 Å². The Labute approximate surface area is 151 Å². The molecule has 2 amide bonds. The number of rotatable bonds is 6. The second kappa shape index (κ2) is 9.18. The minimum absolute atomic E-state index is 0.0671. The number of hydrogen-bond acceptors (Lipinski definition) is 3. The molecule has 0 spiro atoms. The van der Waals surface area contributed by atoms with Gasteiger partial charge in [0, 0.05) is 31.5 Å². The fourth-order valence-corrected chi connectivity index (χ4v) is 4.09. The van der Waals surface area contributed by atoms with E-state index in [9.17, 15) is 4.79 Å². The molecule has 5 heteroatoms. The van der Waals surface area contributed by atoms with Crippen LogP contribution < -0.4 is 5.32 Å². The molecule has 3 heterocycles. The number of pyridine rings is 1. The third-order valence-electron chi connectivity index (χ3n) is 5.64. The maximum atomic E-state index is 12.8. The van der Waals surface area contributed by atoms with E-state index in [1.54, 1.807) is 6.20 Å². The van der Waals surface area contributed by atoms with Crippen LogP contribution in [0, 0.1) is 0 Å². The Morgan fingerprint density at radius 3 is 2.68 bits per heavy atom. The number of unbranched alkanes of at least 4 members (excludes halogenated alkanes) is 1. The zero-order chi connectivity index (χ0) is 17.5. The van der Waals surface area contributed by atoms with Gasteiger partial charge in [0.25, 0.3) is 0 Å². The van der Waals surface area contributed by atoms with Crippen LogP contribution in [0.4, 0.5) is 4.79 Å². The fraction of sp³-hybridized carbons (Fsp3) is 0.700. The highest BCUT2D eigenvalue weighted by Gasteiger charge is 2.29. The molecule has 5 nitrogen and oxygen atoms in total. The number of urea groups is 1. The molecule has 0 aromatic carbocycles. The molecule has 138 valence electrons. The van der Waals surface area contributed by atoms with E-state index < -0.39 is 0 Å². The van der Waals surface area contributed by atoms with E-state index >= 15 is 0 Å². The molecular weight excluding hydrogens is 312 g/mol. The van der Waals surface area contributed by atoms with Crippen molar-refractivity contribution in [3.8, 4) is 0 Å². The van der Waals surface area contributed by atoms with E-state index in [-0.39, 0.29) is 12.1 Å². The molecule has 0 unspecified atom stereocenters. The van der Waals surface area contributed by atoms with E-state index in [4.69, 9.17) is 0 Å². The van der Waals surface area contributed by atoms with Crippen molar-refractivity contribution < 1.29 is 4.79 Å². The molecule has 1 N–H and O–H groups in total. The summed E-state index contributed by atoms with van der Waals surface area (Å²) >= 11 is 0. The quantitative estimate of drug-likeness (QED) is 0.858. The van der Waals surface area contributed by atoms with Crippen LogP contribution in [0.15, 0.2) is 24.5 Å². The van der Waals surface area contributed by atoms with E-state index in [1.165, 1.54) is 25.9 Å². The van der Waals surface area contributed by atoms with Crippen LogP contribution in [-0.2, 0) is 0 Å². The Bertz CT molecular complexity index is 522. The molecule has 0 radical (unpaired) electrons. The third-order valence-corrected chi connectivity index (χ3v) is 5.64. The summed E-state index contributed by atoms with van der Waals surface area (Å²) in [5, 5.41) is 3.26. The largest absolute Gasteiger partial charge is 0.331 e. The van der Waals surface area contributed by atoms with Crippen LogP contribution >= 0.6 is 0 Å². The molecule has 2 fully saturated rings. The SMILES string of the molecule is CCCC[C@@H](NC(=O)N1CCC(N2CCCC2)CC1)c1cccnc1. The van der Waals surface area contributed by atoms with Gasteiger partial charge < -0.3 is 15.1 Å². The molecular formula is C20H32N4O. The number of carbonyl (C=O) groups is 1. The van der Waals surface area contributed by atoms with Crippen LogP contribution in [0.25, 0.3) is 0 Å². The van der Waals surface area contributed by atoms with Crippen molar-refractivity contribution in [3.63, 3.8) is 0 Å². The highest BCUT2D eigenvalue weighted by molar-refractivity contribution is 5.74. The number of nitrogens with zero attached hydrogens (tertiary/aromatic N) is 3. The zero-order valence-electron chi connectivity index (χ0n) is 15.5. The topological polar surface area (TPSA) is 48.5 Å². The van der Waals surface area contributed by atoms with Gasteiger partial charge in [-0.25, -0.2) is 4.79 Å². The molecule has 1 aromatic rings. The van der Waals surface area contributed by atoms with Gasteiger partial charge >= 0.3 is 6.03 Å². The molecule has 2 saturated heterocycles. The summed E-state index contributed by atoms with van der Waals surface area (Å²) in [7, 11) is 0. The van der Waals surface area contributed by atoms with Crippen LogP contribution in [0.1, 0.15) is 63.5 Å². The number of likely N-dealkylation sites (tertiary alicyclic amines) is 2. The lowest BCUT2D eigenvalue weighted by Gasteiger charge is -2.37. The fourth-order valence-electron chi connectivity index (χ4n) is 4.09. The first-order valence-electron chi connectivity index (χ1n) is 9.97. The van der Waals surface area contributed by atoms with Gasteiger partial charge in [-0.15, -0.1) is 0 Å². The van der Waals surface area contributed by atoms with Crippen molar-refractivity contribution in [1.29, 1.82) is 0 Å². The van der Waals surface area contributed by atoms with Gasteiger partial charge in [-0.3, -0.25) is 4.98 Å². The molecule has 0 bridgehead atoms. The number of carbonyl (C=O) groups excluding carboxylic acids is 1. The van der Waals surface area contributed by atoms with Crippen molar-refractivity contribution in [3.05, 3.63) is 30.1 Å². The van der Waals surface area contributed by atoms with Crippen molar-refractivity contribution in [2.24, 2.45) is 0 Å². The Balaban J connectivity index is 1.52. The van der Waals surface area contributed by atoms with E-state index in [1.807, 2.05) is 17.2 Å². The highest BCUT2D eigenvalue weighted by Crippen LogP contribution is 2.23. The monoisotopic (exact) mass is 344 g/mol. The standard InChI is InChI=1S/C20H32N4O/c1-2-3-8-19(17-7-6-11-21-16-17)22-20(25)24-14-9-18(10-15-24)23-12-4-5-13-23/h6-7,11,16,18-19H,2-5,8-10,12-15H2,1H3,(H,22,25)/t19-/m1/s1. The lowest BCUT2D eigenvalue weighted by atomic mass is 10.0. The molecule has 2 aliphatic heterocycles. The first-order valence-corrected chi connectivity index (χ1v) is 9.97. The molecule has 0 aliphatic carbocycles. The minimum atomic E-state index is 0.0671. The summed E-state index contributed by atoms with van der Waals surface area (Å²) in [4.78, 5) is 21.6. The van der Waals surface area contributed by atoms with Gasteiger partial charge in [-0.1, -0.05) is 25.8 Å². The van der Waals surface area contributed by atoms with Gasteiger partial charge in [-0.2, -0.15) is 0 Å². The van der Waals surface area contributed by atoms with Crippen molar-refractivity contribution >= 4 is 6.03 Å². The van der Waals surface area contributed by atoms with Crippen molar-refractivity contribution in [2.75, 3.05) is 26.2 Å². The van der Waals surface area contributed by atoms with Crippen LogP contribution in [0.5, 0.6) is 0 Å². The molecule has 3 rings (SSSR count). The summed E-state index contributed by atoms with van der Waals surface area (Å²) < 4.78 is 0. The summed E-state index contributed by atoms with van der Waals surface area (Å²) in [6.07, 6.45) is 11.8. The van der Waals surface area contributed by atoms with E-state index in [2.05, 4.69) is 28.2 Å². The summed E-state index contributed by atoms with van der Waals surface area (Å²) in [5.74, 6) is 0. The predicted molar refractivity (Wildman–Crippen MR) is 100 cm³/mol. The van der Waals surface area contributed by atoms with Gasteiger partial charge in [-0.05, 0) is 56.8 Å². The van der Waals surface area contributed by atoms with Crippen LogP contribution in [0.3, 0.4) is 0 Å². The maximum Gasteiger partial charge on any atom is 0.317 e. The molecule has 1 atom stereocenters. The first-order chi connectivity index (χ1) is 12.3. The Morgan fingerprint density at radius 1 is 1.28 bits per heavy atom. The molecule has 0 saturated carbocycles. The molecule has 2 aliphatic rings. The Morgan fingerprint density at radius 2 is 2.04 bits per heavy atom. The predicted octanol–water partition coefficient (Wildman–Crippen LogP) is 3.58. The van der Waals surface area contributed by atoms with Crippen LogP contribution in [0.2, 0.25) is 0 Å². The smallest absolute Gasteiger partial charge is 0.317 e. The number of hydrogen-bond donors (Lipinski definition) is 1. The van der Waals surface area contributed by atoms with E-state index in [0.717, 1.165) is 50.8 Å². The Hall–Kier alpha value is -1.62.